The minimum atomic E-state index is -1.75. The molecule has 0 heterocycles. The van der Waals surface area contributed by atoms with Crippen LogP contribution in [-0.2, 0) is 5.60 Å². The lowest BCUT2D eigenvalue weighted by Crippen LogP contribution is -2.20. The molecule has 1 aromatic rings. The maximum Gasteiger partial charge on any atom is 0.176 e. The normalized spacial score (nSPS) is 14.7. The number of nitriles is 1. The highest BCUT2D eigenvalue weighted by atomic mass is 19.1. The molecular formula is C10H10FNO. The van der Waals surface area contributed by atoms with Gasteiger partial charge in [-0.3, -0.25) is 0 Å². The van der Waals surface area contributed by atoms with E-state index in [1.165, 1.54) is 19.1 Å². The summed E-state index contributed by atoms with van der Waals surface area (Å²) in [4.78, 5) is 0. The summed E-state index contributed by atoms with van der Waals surface area (Å²) in [6.45, 7) is 3.04. The van der Waals surface area contributed by atoms with Crippen molar-refractivity contribution < 1.29 is 9.50 Å². The molecule has 2 nitrogen and oxygen atoms in total. The average molecular weight is 179 g/mol. The van der Waals surface area contributed by atoms with Crippen LogP contribution < -0.4 is 0 Å². The van der Waals surface area contributed by atoms with E-state index in [0.717, 1.165) is 5.56 Å². The first-order chi connectivity index (χ1) is 5.97. The highest BCUT2D eigenvalue weighted by molar-refractivity contribution is 5.32. The summed E-state index contributed by atoms with van der Waals surface area (Å²) < 4.78 is 13.1. The zero-order valence-electron chi connectivity index (χ0n) is 7.50. The highest BCUT2D eigenvalue weighted by Crippen LogP contribution is 2.23. The zero-order valence-corrected chi connectivity index (χ0v) is 7.50. The van der Waals surface area contributed by atoms with Gasteiger partial charge in [0.2, 0.25) is 0 Å². The fraction of sp³-hybridized carbons (Fsp3) is 0.300. The first-order valence-electron chi connectivity index (χ1n) is 3.87. The molecule has 0 saturated carbocycles. The molecular weight excluding hydrogens is 169 g/mol. The van der Waals surface area contributed by atoms with E-state index >= 15 is 0 Å². The van der Waals surface area contributed by atoms with Gasteiger partial charge in [0.25, 0.3) is 0 Å². The molecule has 0 aliphatic heterocycles. The summed E-state index contributed by atoms with van der Waals surface area (Å²) in [6.07, 6.45) is 0. The van der Waals surface area contributed by atoms with Crippen molar-refractivity contribution >= 4 is 0 Å². The minimum absolute atomic E-state index is 0.0231. The summed E-state index contributed by atoms with van der Waals surface area (Å²) in [6, 6.07) is 5.95. The fourth-order valence-electron chi connectivity index (χ4n) is 1.07. The van der Waals surface area contributed by atoms with E-state index in [1.54, 1.807) is 19.1 Å². The molecule has 0 aliphatic carbocycles. The molecule has 0 spiro atoms. The Hall–Kier alpha value is -1.40. The Balaban J connectivity index is 3.30. The van der Waals surface area contributed by atoms with Crippen LogP contribution in [-0.4, -0.2) is 5.11 Å². The smallest absolute Gasteiger partial charge is 0.176 e. The SMILES string of the molecule is Cc1ccc(F)c(C(C)(O)C#N)c1. The molecule has 1 aromatic carbocycles. The maximum atomic E-state index is 13.1. The number of nitrogens with zero attached hydrogens (tertiary/aromatic N) is 1. The van der Waals surface area contributed by atoms with Crippen molar-refractivity contribution in [2.75, 3.05) is 0 Å². The molecule has 0 radical (unpaired) electrons. The zero-order chi connectivity index (χ0) is 10.1. The van der Waals surface area contributed by atoms with Crippen LogP contribution in [0.25, 0.3) is 0 Å². The molecule has 0 saturated heterocycles. The summed E-state index contributed by atoms with van der Waals surface area (Å²) in [5.74, 6) is -0.558. The highest BCUT2D eigenvalue weighted by Gasteiger charge is 2.25. The molecule has 0 aromatic heterocycles. The monoisotopic (exact) mass is 179 g/mol. The predicted molar refractivity (Wildman–Crippen MR) is 46.3 cm³/mol. The molecule has 1 atom stereocenters. The van der Waals surface area contributed by atoms with Gasteiger partial charge in [-0.05, 0) is 26.0 Å². The van der Waals surface area contributed by atoms with Gasteiger partial charge in [-0.1, -0.05) is 11.6 Å². The van der Waals surface area contributed by atoms with Crippen LogP contribution >= 0.6 is 0 Å². The first kappa shape index (κ1) is 9.69. The molecule has 1 N–H and O–H groups in total. The summed E-state index contributed by atoms with van der Waals surface area (Å²) in [5.41, 5.74) is -0.919. The van der Waals surface area contributed by atoms with Gasteiger partial charge in [-0.2, -0.15) is 5.26 Å². The number of benzene rings is 1. The number of aryl methyl sites for hydroxylation is 1. The number of halogens is 1. The van der Waals surface area contributed by atoms with E-state index in [4.69, 9.17) is 5.26 Å². The van der Waals surface area contributed by atoms with Crippen molar-refractivity contribution in [1.29, 1.82) is 5.26 Å². The quantitative estimate of drug-likeness (QED) is 0.669. The van der Waals surface area contributed by atoms with Gasteiger partial charge in [0.1, 0.15) is 11.9 Å². The lowest BCUT2D eigenvalue weighted by Gasteiger charge is -2.15. The van der Waals surface area contributed by atoms with Crippen molar-refractivity contribution in [2.45, 2.75) is 19.4 Å². The second-order valence-electron chi connectivity index (χ2n) is 3.17. The summed E-state index contributed by atoms with van der Waals surface area (Å²) in [7, 11) is 0. The van der Waals surface area contributed by atoms with Crippen LogP contribution in [0.3, 0.4) is 0 Å². The molecule has 0 aliphatic rings. The van der Waals surface area contributed by atoms with Crippen molar-refractivity contribution in [1.82, 2.24) is 0 Å². The van der Waals surface area contributed by atoms with Gasteiger partial charge in [0.15, 0.2) is 5.60 Å². The third-order valence-electron chi connectivity index (χ3n) is 1.86. The fourth-order valence-corrected chi connectivity index (χ4v) is 1.07. The number of aliphatic hydroxyl groups is 1. The van der Waals surface area contributed by atoms with Gasteiger partial charge >= 0.3 is 0 Å². The standard InChI is InChI=1S/C10H10FNO/c1-7-3-4-9(11)8(5-7)10(2,13)6-12/h3-5,13H,1-2H3. The van der Waals surface area contributed by atoms with Crippen LogP contribution in [0.15, 0.2) is 18.2 Å². The number of hydrogen-bond acceptors (Lipinski definition) is 2. The van der Waals surface area contributed by atoms with Crippen LogP contribution in [0.1, 0.15) is 18.1 Å². The molecule has 0 bridgehead atoms. The average Bonchev–Trinajstić information content (AvgIpc) is 2.09. The summed E-state index contributed by atoms with van der Waals surface area (Å²) in [5, 5.41) is 18.1. The van der Waals surface area contributed by atoms with Crippen LogP contribution in [0.4, 0.5) is 4.39 Å². The van der Waals surface area contributed by atoms with Gasteiger partial charge in [-0.15, -0.1) is 0 Å². The van der Waals surface area contributed by atoms with Gasteiger partial charge < -0.3 is 5.11 Å². The lowest BCUT2D eigenvalue weighted by molar-refractivity contribution is 0.115. The minimum Gasteiger partial charge on any atom is -0.372 e. The summed E-state index contributed by atoms with van der Waals surface area (Å²) >= 11 is 0. The Bertz CT molecular complexity index is 366. The predicted octanol–water partition coefficient (Wildman–Crippen LogP) is 1.87. The Morgan fingerprint density at radius 2 is 2.15 bits per heavy atom. The Morgan fingerprint density at radius 1 is 1.54 bits per heavy atom. The third-order valence-corrected chi connectivity index (χ3v) is 1.86. The van der Waals surface area contributed by atoms with Gasteiger partial charge in [-0.25, -0.2) is 4.39 Å². The first-order valence-corrected chi connectivity index (χ1v) is 3.87. The Labute approximate surface area is 76.2 Å². The Morgan fingerprint density at radius 3 is 2.69 bits per heavy atom. The van der Waals surface area contributed by atoms with Gasteiger partial charge in [0.05, 0.1) is 0 Å². The lowest BCUT2D eigenvalue weighted by atomic mass is 9.96. The molecule has 1 unspecified atom stereocenters. The van der Waals surface area contributed by atoms with Crippen molar-refractivity contribution in [3.63, 3.8) is 0 Å². The topological polar surface area (TPSA) is 44.0 Å². The molecule has 0 amide bonds. The number of rotatable bonds is 1. The van der Waals surface area contributed by atoms with Crippen molar-refractivity contribution in [3.8, 4) is 6.07 Å². The molecule has 0 fully saturated rings. The Kier molecular flexibility index (Phi) is 2.35. The molecule has 3 heteroatoms. The molecule has 68 valence electrons. The van der Waals surface area contributed by atoms with Gasteiger partial charge in [0, 0.05) is 5.56 Å². The van der Waals surface area contributed by atoms with E-state index in [0.29, 0.717) is 0 Å². The van der Waals surface area contributed by atoms with Crippen molar-refractivity contribution in [2.24, 2.45) is 0 Å². The van der Waals surface area contributed by atoms with E-state index in [9.17, 15) is 9.50 Å². The van der Waals surface area contributed by atoms with Crippen molar-refractivity contribution in [3.05, 3.63) is 35.1 Å². The maximum absolute atomic E-state index is 13.1. The van der Waals surface area contributed by atoms with E-state index in [-0.39, 0.29) is 5.56 Å². The van der Waals surface area contributed by atoms with Crippen LogP contribution in [0.2, 0.25) is 0 Å². The van der Waals surface area contributed by atoms with E-state index < -0.39 is 11.4 Å². The van der Waals surface area contributed by atoms with Crippen LogP contribution in [0.5, 0.6) is 0 Å². The number of hydrogen-bond donors (Lipinski definition) is 1. The molecule has 13 heavy (non-hydrogen) atoms. The van der Waals surface area contributed by atoms with Crippen LogP contribution in [0, 0.1) is 24.1 Å². The largest absolute Gasteiger partial charge is 0.372 e. The third kappa shape index (κ3) is 1.85. The van der Waals surface area contributed by atoms with E-state index in [2.05, 4.69) is 0 Å². The second kappa shape index (κ2) is 3.15. The molecule has 1 rings (SSSR count). The second-order valence-corrected chi connectivity index (χ2v) is 3.17. The van der Waals surface area contributed by atoms with E-state index in [1.807, 2.05) is 0 Å².